The largest absolute Gasteiger partial charge is 0.409 e. The average molecular weight is 248 g/mol. The third-order valence-electron chi connectivity index (χ3n) is 3.59. The van der Waals surface area contributed by atoms with Gasteiger partial charge < -0.3 is 15.8 Å². The third-order valence-corrected chi connectivity index (χ3v) is 3.59. The summed E-state index contributed by atoms with van der Waals surface area (Å²) in [6, 6.07) is 2.32. The molecule has 5 heteroatoms. The highest BCUT2D eigenvalue weighted by atomic mass is 16.4. The van der Waals surface area contributed by atoms with Gasteiger partial charge in [0.15, 0.2) is 5.84 Å². The molecule has 0 aliphatic carbocycles. The SMILES string of the molecule is CCC1CCCCN1c1cnccc1/C(N)=N/O. The van der Waals surface area contributed by atoms with Crippen molar-refractivity contribution in [1.29, 1.82) is 0 Å². The standard InChI is InChI=1S/C13H20N4O/c1-2-10-5-3-4-8-17(10)12-9-15-7-6-11(12)13(14)16-18/h6-7,9-10,18H,2-5,8H2,1H3,(H2,14,16). The minimum atomic E-state index is 0.146. The van der Waals surface area contributed by atoms with Gasteiger partial charge in [0.05, 0.1) is 11.9 Å². The fourth-order valence-corrected chi connectivity index (χ4v) is 2.63. The van der Waals surface area contributed by atoms with Gasteiger partial charge in [0.2, 0.25) is 0 Å². The van der Waals surface area contributed by atoms with Crippen molar-refractivity contribution in [3.8, 4) is 0 Å². The van der Waals surface area contributed by atoms with Crippen LogP contribution >= 0.6 is 0 Å². The van der Waals surface area contributed by atoms with E-state index in [1.807, 2.05) is 0 Å². The summed E-state index contributed by atoms with van der Waals surface area (Å²) in [6.45, 7) is 3.21. The smallest absolute Gasteiger partial charge is 0.172 e. The van der Waals surface area contributed by atoms with Crippen LogP contribution in [-0.2, 0) is 0 Å². The van der Waals surface area contributed by atoms with E-state index in [1.54, 1.807) is 18.5 Å². The Hall–Kier alpha value is -1.78. The molecule has 0 amide bonds. The zero-order valence-corrected chi connectivity index (χ0v) is 10.7. The van der Waals surface area contributed by atoms with E-state index in [2.05, 4.69) is 22.0 Å². The number of nitrogens with zero attached hydrogens (tertiary/aromatic N) is 3. The summed E-state index contributed by atoms with van der Waals surface area (Å²) in [7, 11) is 0. The first-order valence-corrected chi connectivity index (χ1v) is 6.46. The second kappa shape index (κ2) is 5.71. The number of hydrogen-bond donors (Lipinski definition) is 2. The second-order valence-electron chi connectivity index (χ2n) is 4.63. The van der Waals surface area contributed by atoms with Gasteiger partial charge >= 0.3 is 0 Å². The number of pyridine rings is 1. The summed E-state index contributed by atoms with van der Waals surface area (Å²) in [5, 5.41) is 12.0. The quantitative estimate of drug-likeness (QED) is 0.371. The van der Waals surface area contributed by atoms with Gasteiger partial charge in [0, 0.05) is 24.3 Å². The number of nitrogens with two attached hydrogens (primary N) is 1. The molecular formula is C13H20N4O. The van der Waals surface area contributed by atoms with Crippen LogP contribution in [0.1, 0.15) is 38.2 Å². The van der Waals surface area contributed by atoms with Crippen molar-refractivity contribution in [3.63, 3.8) is 0 Å². The van der Waals surface area contributed by atoms with Crippen LogP contribution in [0.5, 0.6) is 0 Å². The van der Waals surface area contributed by atoms with Crippen LogP contribution in [0.4, 0.5) is 5.69 Å². The van der Waals surface area contributed by atoms with Gasteiger partial charge in [-0.15, -0.1) is 0 Å². The van der Waals surface area contributed by atoms with Crippen molar-refractivity contribution < 1.29 is 5.21 Å². The maximum Gasteiger partial charge on any atom is 0.172 e. The Balaban J connectivity index is 2.37. The molecule has 1 atom stereocenters. The Kier molecular flexibility index (Phi) is 4.02. The van der Waals surface area contributed by atoms with Crippen molar-refractivity contribution in [1.82, 2.24) is 4.98 Å². The van der Waals surface area contributed by atoms with Crippen LogP contribution in [0.2, 0.25) is 0 Å². The molecule has 98 valence electrons. The molecule has 1 aliphatic heterocycles. The molecule has 0 saturated carbocycles. The molecule has 18 heavy (non-hydrogen) atoms. The Labute approximate surface area is 107 Å². The van der Waals surface area contributed by atoms with E-state index in [-0.39, 0.29) is 5.84 Å². The molecule has 2 heterocycles. The molecule has 0 aromatic carbocycles. The Bertz CT molecular complexity index is 433. The summed E-state index contributed by atoms with van der Waals surface area (Å²) in [6.07, 6.45) is 8.23. The minimum absolute atomic E-state index is 0.146. The number of rotatable bonds is 3. The maximum absolute atomic E-state index is 8.86. The van der Waals surface area contributed by atoms with Crippen molar-refractivity contribution in [2.75, 3.05) is 11.4 Å². The lowest BCUT2D eigenvalue weighted by Gasteiger charge is -2.37. The van der Waals surface area contributed by atoms with E-state index in [0.717, 1.165) is 24.2 Å². The summed E-state index contributed by atoms with van der Waals surface area (Å²) in [5.74, 6) is 0.146. The van der Waals surface area contributed by atoms with Crippen LogP contribution < -0.4 is 10.6 Å². The first-order valence-electron chi connectivity index (χ1n) is 6.46. The predicted molar refractivity (Wildman–Crippen MR) is 72.0 cm³/mol. The van der Waals surface area contributed by atoms with E-state index in [1.165, 1.54) is 19.3 Å². The lowest BCUT2D eigenvalue weighted by molar-refractivity contribution is 0.318. The topological polar surface area (TPSA) is 74.7 Å². The van der Waals surface area contributed by atoms with Gasteiger partial charge in [-0.25, -0.2) is 0 Å². The van der Waals surface area contributed by atoms with Crippen molar-refractivity contribution in [3.05, 3.63) is 24.0 Å². The molecule has 1 unspecified atom stereocenters. The monoisotopic (exact) mass is 248 g/mol. The van der Waals surface area contributed by atoms with Gasteiger partial charge in [0.1, 0.15) is 0 Å². The first-order chi connectivity index (χ1) is 8.77. The molecule has 0 spiro atoms. The number of aromatic nitrogens is 1. The van der Waals surface area contributed by atoms with E-state index in [0.29, 0.717) is 6.04 Å². The molecule has 0 radical (unpaired) electrons. The predicted octanol–water partition coefficient (Wildman–Crippen LogP) is 1.94. The van der Waals surface area contributed by atoms with Crippen molar-refractivity contribution in [2.45, 2.75) is 38.6 Å². The number of oxime groups is 1. The normalized spacial score (nSPS) is 21.1. The molecule has 1 aliphatic rings. The van der Waals surface area contributed by atoms with Crippen LogP contribution in [0.25, 0.3) is 0 Å². The highest BCUT2D eigenvalue weighted by Crippen LogP contribution is 2.28. The lowest BCUT2D eigenvalue weighted by atomic mass is 9.98. The fourth-order valence-electron chi connectivity index (χ4n) is 2.63. The maximum atomic E-state index is 8.86. The summed E-state index contributed by atoms with van der Waals surface area (Å²) < 4.78 is 0. The third kappa shape index (κ3) is 2.39. The molecule has 1 fully saturated rings. The van der Waals surface area contributed by atoms with Crippen LogP contribution in [0.3, 0.4) is 0 Å². The average Bonchev–Trinajstić information content (AvgIpc) is 2.46. The summed E-state index contributed by atoms with van der Waals surface area (Å²) >= 11 is 0. The zero-order valence-electron chi connectivity index (χ0n) is 10.7. The van der Waals surface area contributed by atoms with E-state index in [4.69, 9.17) is 10.9 Å². The molecule has 1 aromatic heterocycles. The molecule has 2 rings (SSSR count). The van der Waals surface area contributed by atoms with E-state index < -0.39 is 0 Å². The highest BCUT2D eigenvalue weighted by Gasteiger charge is 2.24. The molecule has 1 aromatic rings. The van der Waals surface area contributed by atoms with Gasteiger partial charge in [-0.3, -0.25) is 4.98 Å². The molecule has 0 bridgehead atoms. The molecule has 1 saturated heterocycles. The van der Waals surface area contributed by atoms with E-state index in [9.17, 15) is 0 Å². The fraction of sp³-hybridized carbons (Fsp3) is 0.538. The Morgan fingerprint density at radius 2 is 2.44 bits per heavy atom. The molecule has 3 N–H and O–H groups in total. The van der Waals surface area contributed by atoms with Crippen LogP contribution in [-0.4, -0.2) is 28.6 Å². The number of anilines is 1. The number of hydrogen-bond acceptors (Lipinski definition) is 4. The zero-order chi connectivity index (χ0) is 13.0. The molecule has 5 nitrogen and oxygen atoms in total. The summed E-state index contributed by atoms with van der Waals surface area (Å²) in [4.78, 5) is 6.51. The highest BCUT2D eigenvalue weighted by molar-refractivity contribution is 6.02. The van der Waals surface area contributed by atoms with Gasteiger partial charge in [0.25, 0.3) is 0 Å². The van der Waals surface area contributed by atoms with Crippen molar-refractivity contribution >= 4 is 11.5 Å². The van der Waals surface area contributed by atoms with Crippen LogP contribution in [0, 0.1) is 0 Å². The molecular weight excluding hydrogens is 228 g/mol. The number of amidine groups is 1. The van der Waals surface area contributed by atoms with Crippen molar-refractivity contribution in [2.24, 2.45) is 10.9 Å². The van der Waals surface area contributed by atoms with Gasteiger partial charge in [-0.2, -0.15) is 0 Å². The lowest BCUT2D eigenvalue weighted by Crippen LogP contribution is -2.40. The Morgan fingerprint density at radius 1 is 1.61 bits per heavy atom. The van der Waals surface area contributed by atoms with E-state index >= 15 is 0 Å². The second-order valence-corrected chi connectivity index (χ2v) is 4.63. The Morgan fingerprint density at radius 3 is 3.17 bits per heavy atom. The van der Waals surface area contributed by atoms with Crippen LogP contribution in [0.15, 0.2) is 23.6 Å². The minimum Gasteiger partial charge on any atom is -0.409 e. The van der Waals surface area contributed by atoms with Gasteiger partial charge in [-0.1, -0.05) is 12.1 Å². The van der Waals surface area contributed by atoms with Gasteiger partial charge in [-0.05, 0) is 31.7 Å². The first kappa shape index (κ1) is 12.7. The summed E-state index contributed by atoms with van der Waals surface area (Å²) in [5.41, 5.74) is 7.46. The number of piperidine rings is 1.